The monoisotopic (exact) mass is 327 g/mol. The van der Waals surface area contributed by atoms with Crippen LogP contribution in [0.5, 0.6) is 0 Å². The second-order valence-electron chi connectivity index (χ2n) is 5.99. The summed E-state index contributed by atoms with van der Waals surface area (Å²) in [6.45, 7) is 1.47. The summed E-state index contributed by atoms with van der Waals surface area (Å²) in [7, 11) is 4.13. The number of likely N-dealkylation sites (N-methyl/N-ethyl adjacent to an activating group) is 2. The summed E-state index contributed by atoms with van der Waals surface area (Å²) in [6, 6.07) is 10.9. The van der Waals surface area contributed by atoms with Crippen LogP contribution in [0, 0.1) is 0 Å². The minimum atomic E-state index is 0.152. The molecule has 0 heterocycles. The lowest BCUT2D eigenvalue weighted by atomic mass is 9.91. The van der Waals surface area contributed by atoms with Gasteiger partial charge in [0.2, 0.25) is 0 Å². The molecule has 0 amide bonds. The van der Waals surface area contributed by atoms with E-state index < -0.39 is 0 Å². The molecule has 1 aromatic rings. The van der Waals surface area contributed by atoms with Crippen molar-refractivity contribution in [2.45, 2.75) is 18.5 Å². The molecule has 1 aliphatic rings. The molecule has 0 bridgehead atoms. The van der Waals surface area contributed by atoms with E-state index in [9.17, 15) is 0 Å². The largest absolute Gasteiger partial charge is 0.395 e. The minimum absolute atomic E-state index is 0.152. The van der Waals surface area contributed by atoms with Crippen molar-refractivity contribution in [2.24, 2.45) is 0 Å². The maximum absolute atomic E-state index is 9.01. The summed E-state index contributed by atoms with van der Waals surface area (Å²) in [5.41, 5.74) is 2.57. The maximum Gasteiger partial charge on any atom is 0.0556 e. The Morgan fingerprint density at radius 2 is 2.00 bits per heavy atom. The van der Waals surface area contributed by atoms with Crippen LogP contribution in [-0.4, -0.2) is 50.0 Å². The Morgan fingerprint density at radius 1 is 1.21 bits per heavy atom. The predicted octanol–water partition coefficient (Wildman–Crippen LogP) is 2.23. The van der Waals surface area contributed by atoms with Crippen molar-refractivity contribution in [3.05, 3.63) is 71.8 Å². The first kappa shape index (κ1) is 18.6. The molecule has 0 fully saturated rings. The Balaban J connectivity index is 2.28. The molecule has 3 N–H and O–H groups in total. The van der Waals surface area contributed by atoms with Crippen molar-refractivity contribution in [3.8, 4) is 0 Å². The number of hydrogen-bond acceptors (Lipinski definition) is 4. The third kappa shape index (κ3) is 5.14. The number of nitrogens with zero attached hydrogens (tertiary/aromatic N) is 1. The number of allylic oxidation sites excluding steroid dienone is 4. The smallest absolute Gasteiger partial charge is 0.0556 e. The second-order valence-corrected chi connectivity index (χ2v) is 5.99. The number of rotatable bonds is 9. The lowest BCUT2D eigenvalue weighted by molar-refractivity contribution is 0.202. The predicted molar refractivity (Wildman–Crippen MR) is 101 cm³/mol. The number of aliphatic hydroxyl groups excluding tert-OH is 1. The Labute approximate surface area is 145 Å². The molecule has 0 saturated carbocycles. The van der Waals surface area contributed by atoms with Gasteiger partial charge in [-0.05, 0) is 31.7 Å². The van der Waals surface area contributed by atoms with Gasteiger partial charge in [0, 0.05) is 13.2 Å². The van der Waals surface area contributed by atoms with E-state index in [0.29, 0.717) is 6.54 Å². The molecule has 24 heavy (non-hydrogen) atoms. The van der Waals surface area contributed by atoms with Gasteiger partial charge in [0.05, 0.1) is 18.7 Å². The summed E-state index contributed by atoms with van der Waals surface area (Å²) in [5.74, 6) is 0. The zero-order valence-corrected chi connectivity index (χ0v) is 14.7. The van der Waals surface area contributed by atoms with Gasteiger partial charge in [-0.3, -0.25) is 4.90 Å². The molecule has 2 atom stereocenters. The van der Waals surface area contributed by atoms with Gasteiger partial charge < -0.3 is 15.7 Å². The number of aliphatic hydroxyl groups is 1. The van der Waals surface area contributed by atoms with Crippen LogP contribution in [0.1, 0.15) is 18.0 Å². The normalized spacial score (nSPS) is 16.8. The number of hydrogen-bond donors (Lipinski definition) is 3. The highest BCUT2D eigenvalue weighted by molar-refractivity contribution is 5.35. The highest BCUT2D eigenvalue weighted by Crippen LogP contribution is 2.27. The average Bonchev–Trinajstić information content (AvgIpc) is 2.89. The number of benzene rings is 1. The van der Waals surface area contributed by atoms with Crippen molar-refractivity contribution < 1.29 is 5.11 Å². The maximum atomic E-state index is 9.01. The van der Waals surface area contributed by atoms with Crippen molar-refractivity contribution in [1.29, 1.82) is 0 Å². The van der Waals surface area contributed by atoms with E-state index in [-0.39, 0.29) is 18.7 Å². The highest BCUT2D eigenvalue weighted by atomic mass is 16.3. The van der Waals surface area contributed by atoms with Crippen LogP contribution in [0.2, 0.25) is 0 Å². The van der Waals surface area contributed by atoms with Crippen molar-refractivity contribution in [1.82, 2.24) is 15.5 Å². The second kappa shape index (κ2) is 10.2. The van der Waals surface area contributed by atoms with E-state index in [2.05, 4.69) is 77.2 Å². The van der Waals surface area contributed by atoms with Crippen LogP contribution in [0.25, 0.3) is 0 Å². The molecule has 2 unspecified atom stereocenters. The van der Waals surface area contributed by atoms with Gasteiger partial charge in [-0.2, -0.15) is 0 Å². The highest BCUT2D eigenvalue weighted by Gasteiger charge is 2.27. The Kier molecular flexibility index (Phi) is 7.92. The van der Waals surface area contributed by atoms with Crippen molar-refractivity contribution >= 4 is 0 Å². The minimum Gasteiger partial charge on any atom is -0.395 e. The Morgan fingerprint density at radius 3 is 2.71 bits per heavy atom. The molecule has 0 radical (unpaired) electrons. The van der Waals surface area contributed by atoms with Crippen LogP contribution in [0.15, 0.2) is 66.3 Å². The molecule has 2 rings (SSSR count). The SMILES string of the molecule is CNC(c1ccccc1)C(C1=CCC=CC=C1)N(C)CNCCO. The van der Waals surface area contributed by atoms with E-state index in [0.717, 1.165) is 13.1 Å². The van der Waals surface area contributed by atoms with E-state index >= 15 is 0 Å². The first-order valence-corrected chi connectivity index (χ1v) is 8.55. The standard InChI is InChI=1S/C20H29N3O/c1-21-19(17-10-8-5-9-11-17)20(23(2)16-22-14-15-24)18-12-6-3-4-7-13-18/h3-6,8-13,19-22,24H,7,14-16H2,1-2H3. The summed E-state index contributed by atoms with van der Waals surface area (Å²) in [5, 5.41) is 15.8. The first-order chi connectivity index (χ1) is 11.8. The molecule has 0 spiro atoms. The summed E-state index contributed by atoms with van der Waals surface area (Å²) < 4.78 is 0. The van der Waals surface area contributed by atoms with Gasteiger partial charge in [0.1, 0.15) is 0 Å². The molecule has 4 nitrogen and oxygen atoms in total. The van der Waals surface area contributed by atoms with Crippen molar-refractivity contribution in [2.75, 3.05) is 33.9 Å². The summed E-state index contributed by atoms with van der Waals surface area (Å²) in [4.78, 5) is 2.30. The van der Waals surface area contributed by atoms with Crippen LogP contribution in [0.4, 0.5) is 0 Å². The van der Waals surface area contributed by atoms with Gasteiger partial charge in [0.15, 0.2) is 0 Å². The molecule has 0 saturated heterocycles. The molecule has 0 aromatic heterocycles. The van der Waals surface area contributed by atoms with E-state index in [1.54, 1.807) is 0 Å². The lowest BCUT2D eigenvalue weighted by Crippen LogP contribution is -2.46. The molecule has 1 aromatic carbocycles. The zero-order valence-electron chi connectivity index (χ0n) is 14.7. The third-order valence-corrected chi connectivity index (χ3v) is 4.28. The fourth-order valence-electron chi connectivity index (χ4n) is 3.12. The van der Waals surface area contributed by atoms with Gasteiger partial charge in [-0.15, -0.1) is 0 Å². The topological polar surface area (TPSA) is 47.5 Å². The first-order valence-electron chi connectivity index (χ1n) is 8.55. The molecule has 4 heteroatoms. The third-order valence-electron chi connectivity index (χ3n) is 4.28. The van der Waals surface area contributed by atoms with Gasteiger partial charge in [0.25, 0.3) is 0 Å². The van der Waals surface area contributed by atoms with E-state index in [1.807, 2.05) is 13.1 Å². The van der Waals surface area contributed by atoms with E-state index in [4.69, 9.17) is 5.11 Å². The van der Waals surface area contributed by atoms with E-state index in [1.165, 1.54) is 11.1 Å². The molecule has 1 aliphatic carbocycles. The molecular formula is C20H29N3O. The van der Waals surface area contributed by atoms with Crippen LogP contribution in [0.3, 0.4) is 0 Å². The Hall–Kier alpha value is -1.72. The summed E-state index contributed by atoms with van der Waals surface area (Å²) in [6.07, 6.45) is 11.8. The van der Waals surface area contributed by atoms with Crippen LogP contribution >= 0.6 is 0 Å². The molecule has 130 valence electrons. The lowest BCUT2D eigenvalue weighted by Gasteiger charge is -2.36. The van der Waals surface area contributed by atoms with Gasteiger partial charge in [-0.25, -0.2) is 0 Å². The average molecular weight is 327 g/mol. The Bertz CT molecular complexity index is 566. The quantitative estimate of drug-likeness (QED) is 0.481. The number of nitrogens with one attached hydrogen (secondary N) is 2. The summed E-state index contributed by atoms with van der Waals surface area (Å²) >= 11 is 0. The molecular weight excluding hydrogens is 298 g/mol. The molecule has 0 aliphatic heterocycles. The fourth-order valence-corrected chi connectivity index (χ4v) is 3.12. The van der Waals surface area contributed by atoms with Crippen LogP contribution < -0.4 is 10.6 Å². The fraction of sp³-hybridized carbons (Fsp3) is 0.400. The van der Waals surface area contributed by atoms with Gasteiger partial charge >= 0.3 is 0 Å². The zero-order chi connectivity index (χ0) is 17.2. The van der Waals surface area contributed by atoms with Crippen molar-refractivity contribution in [3.63, 3.8) is 0 Å². The van der Waals surface area contributed by atoms with Crippen LogP contribution in [-0.2, 0) is 0 Å². The van der Waals surface area contributed by atoms with Gasteiger partial charge in [-0.1, -0.05) is 60.7 Å².